The van der Waals surface area contributed by atoms with Crippen LogP contribution in [0.1, 0.15) is 30.0 Å². The molecule has 0 amide bonds. The van der Waals surface area contributed by atoms with Gasteiger partial charge in [-0.15, -0.1) is 0 Å². The summed E-state index contributed by atoms with van der Waals surface area (Å²) in [5.74, 6) is 0.261. The molecule has 0 saturated heterocycles. The number of carbonyl (C=O) groups is 1. The van der Waals surface area contributed by atoms with Crippen LogP contribution in [0.15, 0.2) is 40.8 Å². The van der Waals surface area contributed by atoms with Gasteiger partial charge in [0.25, 0.3) is 0 Å². The summed E-state index contributed by atoms with van der Waals surface area (Å²) >= 11 is 0. The summed E-state index contributed by atoms with van der Waals surface area (Å²) in [6.45, 7) is 3.92. The molecule has 0 bridgehead atoms. The molecule has 0 saturated carbocycles. The number of carbonyl (C=O) groups excluding carboxylic acids is 1. The predicted molar refractivity (Wildman–Crippen MR) is 90.2 cm³/mol. The lowest BCUT2D eigenvalue weighted by Crippen LogP contribution is -2.29. The average Bonchev–Trinajstić information content (AvgIpc) is 2.97. The number of methoxy groups -OCH3 is 1. The van der Waals surface area contributed by atoms with Crippen molar-refractivity contribution < 1.29 is 13.9 Å². The number of benzene rings is 2. The second kappa shape index (κ2) is 5.76. The number of rotatable bonds is 3. The minimum absolute atomic E-state index is 0.137. The molecule has 5 nitrogen and oxygen atoms in total. The van der Waals surface area contributed by atoms with E-state index in [0.29, 0.717) is 16.9 Å². The zero-order valence-electron chi connectivity index (χ0n) is 13.3. The molecular weight excluding hydrogens is 292 g/mol. The van der Waals surface area contributed by atoms with Crippen molar-refractivity contribution in [2.75, 3.05) is 7.11 Å². The van der Waals surface area contributed by atoms with Crippen LogP contribution in [0.3, 0.4) is 0 Å². The number of nitrogens with one attached hydrogen (secondary N) is 2. The van der Waals surface area contributed by atoms with Crippen LogP contribution in [0.5, 0.6) is 0 Å². The molecule has 0 unspecified atom stereocenters. The fourth-order valence-electron chi connectivity index (χ4n) is 2.65. The zero-order chi connectivity index (χ0) is 16.6. The van der Waals surface area contributed by atoms with Crippen molar-refractivity contribution in [2.45, 2.75) is 19.9 Å². The Balaban J connectivity index is 2.24. The molecule has 0 atom stereocenters. The van der Waals surface area contributed by atoms with Crippen LogP contribution in [-0.4, -0.2) is 25.0 Å². The number of hydrogen-bond donors (Lipinski definition) is 2. The summed E-state index contributed by atoms with van der Waals surface area (Å²) in [7, 11) is 1.36. The van der Waals surface area contributed by atoms with E-state index in [1.54, 1.807) is 6.07 Å². The van der Waals surface area contributed by atoms with Crippen LogP contribution in [0.25, 0.3) is 21.7 Å². The largest absolute Gasteiger partial charge is 0.465 e. The number of ether oxygens (including phenoxy) is 1. The van der Waals surface area contributed by atoms with E-state index >= 15 is 0 Å². The molecule has 23 heavy (non-hydrogen) atoms. The Morgan fingerprint density at radius 1 is 1.17 bits per heavy atom. The highest BCUT2D eigenvalue weighted by Crippen LogP contribution is 2.31. The van der Waals surface area contributed by atoms with Gasteiger partial charge in [-0.05, 0) is 36.8 Å². The van der Waals surface area contributed by atoms with Crippen molar-refractivity contribution >= 4 is 33.5 Å². The van der Waals surface area contributed by atoms with E-state index in [0.717, 1.165) is 16.2 Å². The Morgan fingerprint density at radius 2 is 1.87 bits per heavy atom. The highest BCUT2D eigenvalue weighted by molar-refractivity contribution is 6.16. The van der Waals surface area contributed by atoms with Crippen LogP contribution in [0.4, 0.5) is 0 Å². The lowest BCUT2D eigenvalue weighted by atomic mass is 10.0. The first-order valence-electron chi connectivity index (χ1n) is 7.40. The normalized spacial score (nSPS) is 11.1. The standard InChI is InChI=1S/C18H18N2O3/c1-10(2)20-17(19)16-8-13-11-6-4-5-7-12(11)14(18(21)22-3)9-15(13)23-16/h4-10H,1-3H3,(H2,19,20). The highest BCUT2D eigenvalue weighted by Gasteiger charge is 2.17. The van der Waals surface area contributed by atoms with E-state index in [4.69, 9.17) is 14.6 Å². The fourth-order valence-corrected chi connectivity index (χ4v) is 2.65. The fraction of sp³-hybridized carbons (Fsp3) is 0.222. The van der Waals surface area contributed by atoms with Gasteiger partial charge in [-0.2, -0.15) is 0 Å². The van der Waals surface area contributed by atoms with E-state index in [1.807, 2.05) is 44.2 Å². The monoisotopic (exact) mass is 310 g/mol. The van der Waals surface area contributed by atoms with E-state index in [2.05, 4.69) is 5.32 Å². The van der Waals surface area contributed by atoms with Gasteiger partial charge in [0.15, 0.2) is 11.6 Å². The van der Waals surface area contributed by atoms with Crippen LogP contribution in [-0.2, 0) is 4.74 Å². The summed E-state index contributed by atoms with van der Waals surface area (Å²) in [4.78, 5) is 12.0. The third-order valence-corrected chi connectivity index (χ3v) is 3.63. The van der Waals surface area contributed by atoms with Crippen molar-refractivity contribution in [2.24, 2.45) is 0 Å². The Kier molecular flexibility index (Phi) is 3.78. The molecule has 0 aliphatic rings. The first-order valence-corrected chi connectivity index (χ1v) is 7.40. The Bertz CT molecular complexity index is 909. The molecule has 0 aliphatic heterocycles. The van der Waals surface area contributed by atoms with Crippen molar-refractivity contribution in [1.82, 2.24) is 5.32 Å². The number of esters is 1. The molecule has 5 heteroatoms. The molecule has 118 valence electrons. The number of amidine groups is 1. The van der Waals surface area contributed by atoms with Crippen LogP contribution < -0.4 is 5.32 Å². The van der Waals surface area contributed by atoms with E-state index < -0.39 is 5.97 Å². The first-order chi connectivity index (χ1) is 11.0. The lowest BCUT2D eigenvalue weighted by Gasteiger charge is -2.07. The third-order valence-electron chi connectivity index (χ3n) is 3.63. The minimum atomic E-state index is -0.406. The second-order valence-electron chi connectivity index (χ2n) is 5.66. The van der Waals surface area contributed by atoms with Crippen molar-refractivity contribution in [3.63, 3.8) is 0 Å². The van der Waals surface area contributed by atoms with Crippen molar-refractivity contribution in [3.05, 3.63) is 47.7 Å². The zero-order valence-corrected chi connectivity index (χ0v) is 13.3. The first kappa shape index (κ1) is 15.1. The Morgan fingerprint density at radius 3 is 2.52 bits per heavy atom. The SMILES string of the molecule is COC(=O)c1cc2oc(C(=N)NC(C)C)cc2c2ccccc12. The van der Waals surface area contributed by atoms with Crippen molar-refractivity contribution in [3.8, 4) is 0 Å². The average molecular weight is 310 g/mol. The maximum atomic E-state index is 12.0. The molecule has 0 aliphatic carbocycles. The highest BCUT2D eigenvalue weighted by atomic mass is 16.5. The number of hydrogen-bond acceptors (Lipinski definition) is 4. The van der Waals surface area contributed by atoms with Crippen LogP contribution in [0, 0.1) is 5.41 Å². The summed E-state index contributed by atoms with van der Waals surface area (Å²) in [6.07, 6.45) is 0. The van der Waals surface area contributed by atoms with Gasteiger partial charge in [0.2, 0.25) is 0 Å². The molecule has 2 aromatic carbocycles. The van der Waals surface area contributed by atoms with Gasteiger partial charge < -0.3 is 14.5 Å². The minimum Gasteiger partial charge on any atom is -0.465 e. The molecule has 1 aromatic heterocycles. The lowest BCUT2D eigenvalue weighted by molar-refractivity contribution is 0.0603. The summed E-state index contributed by atoms with van der Waals surface area (Å²) in [5.41, 5.74) is 1.02. The van der Waals surface area contributed by atoms with Gasteiger partial charge in [0.05, 0.1) is 12.7 Å². The Hall–Kier alpha value is -2.82. The van der Waals surface area contributed by atoms with E-state index in [-0.39, 0.29) is 11.9 Å². The maximum Gasteiger partial charge on any atom is 0.338 e. The maximum absolute atomic E-state index is 12.0. The smallest absolute Gasteiger partial charge is 0.338 e. The number of fused-ring (bicyclic) bond motifs is 3. The summed E-state index contributed by atoms with van der Waals surface area (Å²) < 4.78 is 10.6. The topological polar surface area (TPSA) is 75.3 Å². The van der Waals surface area contributed by atoms with Gasteiger partial charge in [0, 0.05) is 11.4 Å². The van der Waals surface area contributed by atoms with Gasteiger partial charge in [-0.3, -0.25) is 5.41 Å². The van der Waals surface area contributed by atoms with Gasteiger partial charge in [-0.1, -0.05) is 24.3 Å². The van der Waals surface area contributed by atoms with Gasteiger partial charge in [-0.25, -0.2) is 4.79 Å². The van der Waals surface area contributed by atoms with E-state index in [1.165, 1.54) is 7.11 Å². The molecule has 0 fully saturated rings. The van der Waals surface area contributed by atoms with Crippen molar-refractivity contribution in [1.29, 1.82) is 5.41 Å². The molecule has 0 radical (unpaired) electrons. The molecule has 2 N–H and O–H groups in total. The molecule has 1 heterocycles. The van der Waals surface area contributed by atoms with Gasteiger partial charge >= 0.3 is 5.97 Å². The van der Waals surface area contributed by atoms with E-state index in [9.17, 15) is 4.79 Å². The summed E-state index contributed by atoms with van der Waals surface area (Å²) in [5, 5.41) is 13.7. The van der Waals surface area contributed by atoms with Crippen LogP contribution in [0.2, 0.25) is 0 Å². The third kappa shape index (κ3) is 2.65. The molecule has 3 rings (SSSR count). The summed E-state index contributed by atoms with van der Waals surface area (Å²) in [6, 6.07) is 11.2. The molecular formula is C18H18N2O3. The second-order valence-corrected chi connectivity index (χ2v) is 5.66. The van der Waals surface area contributed by atoms with Crippen LogP contribution >= 0.6 is 0 Å². The quantitative estimate of drug-likeness (QED) is 0.439. The molecule has 3 aromatic rings. The Labute approximate surface area is 133 Å². The number of furan rings is 1. The predicted octanol–water partition coefficient (Wildman–Crippen LogP) is 3.70. The molecule has 0 spiro atoms. The van der Waals surface area contributed by atoms with Gasteiger partial charge in [0.1, 0.15) is 5.58 Å².